The quantitative estimate of drug-likeness (QED) is 0.542. The maximum atomic E-state index is 11.9. The van der Waals surface area contributed by atoms with E-state index in [1.165, 1.54) is 19.4 Å². The van der Waals surface area contributed by atoms with E-state index in [0.29, 0.717) is 0 Å². The Morgan fingerprint density at radius 2 is 2.40 bits per heavy atom. The molecular weight excluding hydrogens is 268 g/mol. The van der Waals surface area contributed by atoms with E-state index in [4.69, 9.17) is 21.0 Å². The molecule has 0 aromatic carbocycles. The number of hydrogen-bond acceptors (Lipinski definition) is 7. The van der Waals surface area contributed by atoms with Gasteiger partial charge in [-0.25, -0.2) is 4.79 Å². The molecule has 0 radical (unpaired) electrons. The van der Waals surface area contributed by atoms with E-state index in [1.54, 1.807) is 0 Å². The summed E-state index contributed by atoms with van der Waals surface area (Å²) in [6.07, 6.45) is 2.51. The second kappa shape index (κ2) is 5.22. The highest BCUT2D eigenvalue weighted by Gasteiger charge is 2.55. The van der Waals surface area contributed by atoms with Crippen molar-refractivity contribution in [1.29, 1.82) is 0 Å². The lowest BCUT2D eigenvalue weighted by Gasteiger charge is -2.26. The third kappa shape index (κ3) is 2.07. The fourth-order valence-corrected chi connectivity index (χ4v) is 2.04. The molecule has 0 amide bonds. The first-order valence-electron chi connectivity index (χ1n) is 5.75. The minimum absolute atomic E-state index is 0.0905. The van der Waals surface area contributed by atoms with Gasteiger partial charge in [-0.15, -0.1) is 6.42 Å². The fourth-order valence-electron chi connectivity index (χ4n) is 2.04. The Morgan fingerprint density at radius 1 is 1.70 bits per heavy atom. The summed E-state index contributed by atoms with van der Waals surface area (Å²) in [6.45, 7) is -0.556. The van der Waals surface area contributed by atoms with Crippen molar-refractivity contribution in [1.82, 2.24) is 9.55 Å². The van der Waals surface area contributed by atoms with Crippen molar-refractivity contribution in [2.75, 3.05) is 13.7 Å². The normalized spacial score (nSPS) is 32.9. The van der Waals surface area contributed by atoms with Gasteiger partial charge in [-0.2, -0.15) is 4.98 Å². The largest absolute Gasteiger partial charge is 0.481 e. The van der Waals surface area contributed by atoms with Crippen LogP contribution in [-0.2, 0) is 4.74 Å². The first-order chi connectivity index (χ1) is 9.47. The van der Waals surface area contributed by atoms with Crippen molar-refractivity contribution >= 4 is 0 Å². The average Bonchev–Trinajstić information content (AvgIpc) is 2.72. The highest BCUT2D eigenvalue weighted by molar-refractivity contribution is 5.20. The zero-order valence-electron chi connectivity index (χ0n) is 10.6. The summed E-state index contributed by atoms with van der Waals surface area (Å²) < 4.78 is 11.0. The number of aromatic nitrogens is 2. The van der Waals surface area contributed by atoms with E-state index >= 15 is 0 Å². The predicted octanol–water partition coefficient (Wildman–Crippen LogP) is -2.13. The molecule has 0 spiro atoms. The average molecular weight is 282 g/mol. The summed E-state index contributed by atoms with van der Waals surface area (Å²) in [5.41, 5.74) is -2.91. The molecule has 20 heavy (non-hydrogen) atoms. The molecule has 1 aliphatic rings. The fraction of sp³-hybridized carbons (Fsp3) is 0.500. The first kappa shape index (κ1) is 14.5. The van der Waals surface area contributed by atoms with Crippen LogP contribution in [0.4, 0.5) is 0 Å². The molecule has 1 fully saturated rings. The van der Waals surface area contributed by atoms with Crippen LogP contribution < -0.4 is 10.4 Å². The number of methoxy groups -OCH3 is 1. The van der Waals surface area contributed by atoms with Gasteiger partial charge < -0.3 is 24.8 Å². The van der Waals surface area contributed by atoms with E-state index in [1.807, 2.05) is 5.92 Å². The van der Waals surface area contributed by atoms with Crippen LogP contribution in [0, 0.1) is 12.3 Å². The van der Waals surface area contributed by atoms with Crippen LogP contribution in [0.5, 0.6) is 5.88 Å². The van der Waals surface area contributed by atoms with Crippen LogP contribution in [0.15, 0.2) is 17.1 Å². The van der Waals surface area contributed by atoms with Gasteiger partial charge in [0, 0.05) is 12.3 Å². The molecule has 1 saturated heterocycles. The van der Waals surface area contributed by atoms with Gasteiger partial charge in [0.05, 0.1) is 13.7 Å². The van der Waals surface area contributed by atoms with Crippen molar-refractivity contribution in [3.8, 4) is 18.2 Å². The number of nitrogens with zero attached hydrogens (tertiary/aromatic N) is 2. The molecule has 1 aromatic rings. The Balaban J connectivity index is 2.47. The molecule has 4 atom stereocenters. The number of aliphatic hydroxyl groups is 3. The number of aliphatic hydroxyl groups excluding tert-OH is 2. The summed E-state index contributed by atoms with van der Waals surface area (Å²) in [5, 5.41) is 29.3. The highest BCUT2D eigenvalue weighted by atomic mass is 16.6. The van der Waals surface area contributed by atoms with Crippen LogP contribution in [-0.4, -0.2) is 56.4 Å². The Hall–Kier alpha value is -1.92. The van der Waals surface area contributed by atoms with Gasteiger partial charge in [0.25, 0.3) is 0 Å². The number of rotatable bonds is 3. The Labute approximate surface area is 114 Å². The molecule has 0 aliphatic carbocycles. The minimum Gasteiger partial charge on any atom is -0.481 e. The molecule has 0 bridgehead atoms. The summed E-state index contributed by atoms with van der Waals surface area (Å²) in [4.78, 5) is 15.5. The van der Waals surface area contributed by atoms with E-state index in [0.717, 1.165) is 4.57 Å². The second-order valence-corrected chi connectivity index (χ2v) is 4.28. The lowest BCUT2D eigenvalue weighted by molar-refractivity contribution is -0.0765. The molecule has 3 N–H and O–H groups in total. The highest BCUT2D eigenvalue weighted by Crippen LogP contribution is 2.37. The molecule has 1 aromatic heterocycles. The van der Waals surface area contributed by atoms with Crippen LogP contribution >= 0.6 is 0 Å². The van der Waals surface area contributed by atoms with E-state index in [9.17, 15) is 15.0 Å². The Bertz CT molecular complexity index is 594. The van der Waals surface area contributed by atoms with Gasteiger partial charge in [-0.05, 0) is 0 Å². The first-order valence-corrected chi connectivity index (χ1v) is 5.75. The maximum Gasteiger partial charge on any atom is 0.353 e. The predicted molar refractivity (Wildman–Crippen MR) is 65.8 cm³/mol. The molecule has 2 rings (SSSR count). The molecule has 108 valence electrons. The summed E-state index contributed by atoms with van der Waals surface area (Å²) in [6, 6.07) is 1.38. The smallest absolute Gasteiger partial charge is 0.353 e. The van der Waals surface area contributed by atoms with Crippen molar-refractivity contribution in [2.24, 2.45) is 0 Å². The summed E-state index contributed by atoms with van der Waals surface area (Å²) >= 11 is 0. The molecule has 8 nitrogen and oxygen atoms in total. The minimum atomic E-state index is -2.15. The van der Waals surface area contributed by atoms with Gasteiger partial charge in [0.2, 0.25) is 5.88 Å². The second-order valence-electron chi connectivity index (χ2n) is 4.28. The zero-order chi connectivity index (χ0) is 14.9. The summed E-state index contributed by atoms with van der Waals surface area (Å²) in [5.74, 6) is 2.10. The van der Waals surface area contributed by atoms with Crippen LogP contribution in [0.25, 0.3) is 0 Å². The third-order valence-corrected chi connectivity index (χ3v) is 3.16. The number of ether oxygens (including phenoxy) is 2. The SMILES string of the molecule is C#C[C@]1(O)[C@H](O)[C@@H](CO)O[C@H]1n1ccc(OC)nc1=O. The monoisotopic (exact) mass is 282 g/mol. The van der Waals surface area contributed by atoms with E-state index in [2.05, 4.69) is 4.98 Å². The van der Waals surface area contributed by atoms with Crippen LogP contribution in [0.3, 0.4) is 0 Å². The number of terminal acetylenes is 1. The zero-order valence-corrected chi connectivity index (χ0v) is 10.6. The summed E-state index contributed by atoms with van der Waals surface area (Å²) in [7, 11) is 1.35. The van der Waals surface area contributed by atoms with Crippen molar-refractivity contribution in [2.45, 2.75) is 24.0 Å². The van der Waals surface area contributed by atoms with Gasteiger partial charge >= 0.3 is 5.69 Å². The van der Waals surface area contributed by atoms with Gasteiger partial charge in [0.1, 0.15) is 12.2 Å². The topological polar surface area (TPSA) is 114 Å². The van der Waals surface area contributed by atoms with Gasteiger partial charge in [-0.3, -0.25) is 4.57 Å². The van der Waals surface area contributed by atoms with Crippen LogP contribution in [0.2, 0.25) is 0 Å². The van der Waals surface area contributed by atoms with Crippen LogP contribution in [0.1, 0.15) is 6.23 Å². The van der Waals surface area contributed by atoms with Crippen molar-refractivity contribution in [3.05, 3.63) is 22.7 Å². The van der Waals surface area contributed by atoms with E-state index < -0.39 is 36.3 Å². The van der Waals surface area contributed by atoms with Gasteiger partial charge in [0.15, 0.2) is 11.8 Å². The molecule has 8 heteroatoms. The van der Waals surface area contributed by atoms with E-state index in [-0.39, 0.29) is 5.88 Å². The lowest BCUT2D eigenvalue weighted by Crippen LogP contribution is -2.47. The molecular formula is C12H14N2O6. The van der Waals surface area contributed by atoms with Gasteiger partial charge in [-0.1, -0.05) is 5.92 Å². The Kier molecular flexibility index (Phi) is 3.78. The third-order valence-electron chi connectivity index (χ3n) is 3.16. The number of hydrogen-bond donors (Lipinski definition) is 3. The maximum absolute atomic E-state index is 11.9. The lowest BCUT2D eigenvalue weighted by atomic mass is 9.95. The molecule has 1 aliphatic heterocycles. The standard InChI is InChI=1S/C12H14N2O6/c1-3-12(18)9(16)7(6-15)20-10(12)14-5-4-8(19-2)13-11(14)17/h1,4-5,7,9-10,15-16,18H,6H2,2H3/t7-,9-,10-,12+/m1/s1. The molecule has 0 saturated carbocycles. The molecule has 0 unspecified atom stereocenters. The van der Waals surface area contributed by atoms with Crippen molar-refractivity contribution < 1.29 is 24.8 Å². The van der Waals surface area contributed by atoms with Crippen molar-refractivity contribution in [3.63, 3.8) is 0 Å². The Morgan fingerprint density at radius 3 is 2.90 bits per heavy atom. The molecule has 2 heterocycles.